The van der Waals surface area contributed by atoms with Crippen LogP contribution in [0.5, 0.6) is 0 Å². The Morgan fingerprint density at radius 2 is 1.33 bits per heavy atom. The lowest BCUT2D eigenvalue weighted by atomic mass is 10.3. The molecule has 0 unspecified atom stereocenters. The van der Waals surface area contributed by atoms with Crippen LogP contribution in [0.3, 0.4) is 0 Å². The van der Waals surface area contributed by atoms with Crippen LogP contribution in [0, 0.1) is 22.7 Å². The lowest BCUT2D eigenvalue weighted by Gasteiger charge is -2.04. The van der Waals surface area contributed by atoms with Crippen LogP contribution < -0.4 is 10.6 Å². The van der Waals surface area contributed by atoms with Crippen LogP contribution in [-0.2, 0) is 0 Å². The van der Waals surface area contributed by atoms with Crippen LogP contribution in [0.1, 0.15) is 13.8 Å². The molecule has 0 saturated carbocycles. The molecule has 0 aliphatic rings. The van der Waals surface area contributed by atoms with Gasteiger partial charge in [-0.2, -0.15) is 10.5 Å². The second-order valence-electron chi connectivity index (χ2n) is 2.03. The molecule has 0 fully saturated rings. The minimum Gasteiger partial charge on any atom is -0.374 e. The molecule has 0 aromatic rings. The van der Waals surface area contributed by atoms with Crippen molar-refractivity contribution in [2.24, 2.45) is 0 Å². The maximum Gasteiger partial charge on any atom is 0.148 e. The van der Waals surface area contributed by atoms with Crippen molar-refractivity contribution >= 4 is 0 Å². The molecule has 0 amide bonds. The van der Waals surface area contributed by atoms with Crippen molar-refractivity contribution in [3.63, 3.8) is 0 Å². The highest BCUT2D eigenvalue weighted by molar-refractivity contribution is 5.33. The second-order valence-corrected chi connectivity index (χ2v) is 2.03. The van der Waals surface area contributed by atoms with Gasteiger partial charge in [0, 0.05) is 13.1 Å². The molecule has 4 heteroatoms. The van der Waals surface area contributed by atoms with Gasteiger partial charge in [-0.3, -0.25) is 0 Å². The van der Waals surface area contributed by atoms with Gasteiger partial charge >= 0.3 is 0 Å². The number of nitrogens with one attached hydrogen (secondary N) is 2. The summed E-state index contributed by atoms with van der Waals surface area (Å²) in [5, 5.41) is 22.9. The zero-order chi connectivity index (χ0) is 9.40. The number of hydrogen-bond donors (Lipinski definition) is 2. The molecule has 0 bridgehead atoms. The zero-order valence-electron chi connectivity index (χ0n) is 7.31. The van der Waals surface area contributed by atoms with Gasteiger partial charge < -0.3 is 10.6 Å². The fourth-order valence-electron chi connectivity index (χ4n) is 0.721. The van der Waals surface area contributed by atoms with E-state index in [0.717, 1.165) is 0 Å². The van der Waals surface area contributed by atoms with Crippen molar-refractivity contribution in [3.05, 3.63) is 11.4 Å². The van der Waals surface area contributed by atoms with Crippen LogP contribution in [0.4, 0.5) is 0 Å². The second kappa shape index (κ2) is 6.06. The van der Waals surface area contributed by atoms with Gasteiger partial charge in [-0.15, -0.1) is 0 Å². The molecule has 0 heterocycles. The minimum atomic E-state index is 0.307. The predicted molar refractivity (Wildman–Crippen MR) is 45.6 cm³/mol. The van der Waals surface area contributed by atoms with E-state index < -0.39 is 0 Å². The molecular weight excluding hydrogens is 152 g/mol. The molecule has 0 aliphatic carbocycles. The topological polar surface area (TPSA) is 71.6 Å². The summed E-state index contributed by atoms with van der Waals surface area (Å²) in [5.41, 5.74) is 0.615. The molecular formula is C8H12N4. The van der Waals surface area contributed by atoms with Crippen molar-refractivity contribution in [2.75, 3.05) is 13.1 Å². The molecule has 0 spiro atoms. The quantitative estimate of drug-likeness (QED) is 0.592. The standard InChI is InChI=1S/C8H12N4/c1-3-11-7(5-9)8(6-10)12-4-2/h11-12H,3-4H2,1-2H3/b8-7+. The van der Waals surface area contributed by atoms with E-state index in [1.165, 1.54) is 0 Å². The van der Waals surface area contributed by atoms with E-state index in [0.29, 0.717) is 24.5 Å². The number of nitriles is 2. The fourth-order valence-corrected chi connectivity index (χ4v) is 0.721. The number of allylic oxidation sites excluding steroid dienone is 2. The normalized spacial score (nSPS) is 10.7. The largest absolute Gasteiger partial charge is 0.374 e. The van der Waals surface area contributed by atoms with Gasteiger partial charge in [0.05, 0.1) is 0 Å². The average Bonchev–Trinajstić information content (AvgIpc) is 2.11. The maximum atomic E-state index is 8.62. The van der Waals surface area contributed by atoms with Crippen molar-refractivity contribution < 1.29 is 0 Å². The van der Waals surface area contributed by atoms with Crippen LogP contribution in [0.25, 0.3) is 0 Å². The molecule has 12 heavy (non-hydrogen) atoms. The first-order valence-corrected chi connectivity index (χ1v) is 3.82. The molecule has 0 aromatic heterocycles. The van der Waals surface area contributed by atoms with Gasteiger partial charge in [-0.1, -0.05) is 0 Å². The molecule has 0 atom stereocenters. The molecule has 64 valence electrons. The Hall–Kier alpha value is -1.68. The summed E-state index contributed by atoms with van der Waals surface area (Å²) in [6.07, 6.45) is 0. The predicted octanol–water partition coefficient (Wildman–Crippen LogP) is 0.464. The zero-order valence-corrected chi connectivity index (χ0v) is 7.31. The first kappa shape index (κ1) is 10.3. The Bertz CT molecular complexity index is 215. The summed E-state index contributed by atoms with van der Waals surface area (Å²) >= 11 is 0. The third kappa shape index (κ3) is 2.94. The Kier molecular flexibility index (Phi) is 5.21. The monoisotopic (exact) mass is 164 g/mol. The van der Waals surface area contributed by atoms with Crippen LogP contribution in [-0.4, -0.2) is 13.1 Å². The summed E-state index contributed by atoms with van der Waals surface area (Å²) in [4.78, 5) is 0. The third-order valence-electron chi connectivity index (χ3n) is 1.18. The van der Waals surface area contributed by atoms with E-state index in [9.17, 15) is 0 Å². The molecule has 2 N–H and O–H groups in total. The third-order valence-corrected chi connectivity index (χ3v) is 1.18. The van der Waals surface area contributed by atoms with Gasteiger partial charge in [0.15, 0.2) is 0 Å². The summed E-state index contributed by atoms with van der Waals surface area (Å²) < 4.78 is 0. The fraction of sp³-hybridized carbons (Fsp3) is 0.500. The van der Waals surface area contributed by atoms with Crippen molar-refractivity contribution in [1.82, 2.24) is 10.6 Å². The first-order valence-electron chi connectivity index (χ1n) is 3.82. The summed E-state index contributed by atoms with van der Waals surface area (Å²) in [7, 11) is 0. The van der Waals surface area contributed by atoms with Crippen LogP contribution in [0.2, 0.25) is 0 Å². The highest BCUT2D eigenvalue weighted by Gasteiger charge is 2.02. The van der Waals surface area contributed by atoms with E-state index >= 15 is 0 Å². The van der Waals surface area contributed by atoms with Crippen molar-refractivity contribution in [3.8, 4) is 12.1 Å². The summed E-state index contributed by atoms with van der Waals surface area (Å²) in [6.45, 7) is 5.02. The Morgan fingerprint density at radius 3 is 1.50 bits per heavy atom. The van der Waals surface area contributed by atoms with Gasteiger partial charge in [0.2, 0.25) is 0 Å². The van der Waals surface area contributed by atoms with E-state index in [2.05, 4.69) is 10.6 Å². The summed E-state index contributed by atoms with van der Waals surface area (Å²) in [5.74, 6) is 0. The van der Waals surface area contributed by atoms with Crippen LogP contribution >= 0.6 is 0 Å². The van der Waals surface area contributed by atoms with E-state index in [4.69, 9.17) is 10.5 Å². The molecule has 0 aliphatic heterocycles. The van der Waals surface area contributed by atoms with E-state index in [1.807, 2.05) is 26.0 Å². The Labute approximate surface area is 72.5 Å². The smallest absolute Gasteiger partial charge is 0.148 e. The van der Waals surface area contributed by atoms with Gasteiger partial charge in [-0.05, 0) is 13.8 Å². The lowest BCUT2D eigenvalue weighted by Crippen LogP contribution is -2.20. The van der Waals surface area contributed by atoms with E-state index in [-0.39, 0.29) is 0 Å². The van der Waals surface area contributed by atoms with Crippen molar-refractivity contribution in [1.29, 1.82) is 10.5 Å². The Balaban J connectivity index is 4.56. The number of rotatable bonds is 4. The summed E-state index contributed by atoms with van der Waals surface area (Å²) in [6, 6.07) is 3.84. The lowest BCUT2D eigenvalue weighted by molar-refractivity contribution is 0.815. The molecule has 4 nitrogen and oxygen atoms in total. The molecule has 0 radical (unpaired) electrons. The number of nitrogens with zero attached hydrogens (tertiary/aromatic N) is 2. The highest BCUT2D eigenvalue weighted by atomic mass is 14.9. The Morgan fingerprint density at radius 1 is 1.00 bits per heavy atom. The van der Waals surface area contributed by atoms with Gasteiger partial charge in [0.1, 0.15) is 23.5 Å². The SMILES string of the molecule is CCN/C(C#N)=C(\C#N)NCC. The molecule has 0 saturated heterocycles. The van der Waals surface area contributed by atoms with E-state index in [1.54, 1.807) is 0 Å². The molecule has 0 aromatic carbocycles. The average molecular weight is 164 g/mol. The minimum absolute atomic E-state index is 0.307. The van der Waals surface area contributed by atoms with Crippen molar-refractivity contribution in [2.45, 2.75) is 13.8 Å². The first-order chi connectivity index (χ1) is 5.79. The van der Waals surface area contributed by atoms with Gasteiger partial charge in [-0.25, -0.2) is 0 Å². The van der Waals surface area contributed by atoms with Crippen LogP contribution in [0.15, 0.2) is 11.4 Å². The maximum absolute atomic E-state index is 8.62. The number of hydrogen-bond acceptors (Lipinski definition) is 4. The highest BCUT2D eigenvalue weighted by Crippen LogP contribution is 1.94. The molecule has 0 rings (SSSR count). The van der Waals surface area contributed by atoms with Gasteiger partial charge in [0.25, 0.3) is 0 Å².